The van der Waals surface area contributed by atoms with Crippen LogP contribution in [-0.2, 0) is 6.18 Å². The summed E-state index contributed by atoms with van der Waals surface area (Å²) in [4.78, 5) is 0.700. The van der Waals surface area contributed by atoms with Gasteiger partial charge in [0.25, 0.3) is 0 Å². The first kappa shape index (κ1) is 12.9. The van der Waals surface area contributed by atoms with Crippen molar-refractivity contribution in [2.45, 2.75) is 24.4 Å². The summed E-state index contributed by atoms with van der Waals surface area (Å²) < 4.78 is 37.4. The second kappa shape index (κ2) is 5.26. The van der Waals surface area contributed by atoms with E-state index in [4.69, 9.17) is 5.26 Å². The lowest BCUT2D eigenvalue weighted by Gasteiger charge is -2.09. The second-order valence-corrected chi connectivity index (χ2v) is 4.33. The van der Waals surface area contributed by atoms with Crippen molar-refractivity contribution in [1.82, 2.24) is 0 Å². The number of alkyl halides is 3. The van der Waals surface area contributed by atoms with Crippen LogP contribution in [0.2, 0.25) is 0 Å². The Hall–Kier alpha value is -1.15. The van der Waals surface area contributed by atoms with Crippen LogP contribution in [0.4, 0.5) is 13.2 Å². The van der Waals surface area contributed by atoms with E-state index in [1.54, 1.807) is 6.07 Å². The SMILES string of the molecule is CCCSc1ccc(C(F)(F)F)c(C#N)c1. The van der Waals surface area contributed by atoms with Crippen LogP contribution in [0.3, 0.4) is 0 Å². The van der Waals surface area contributed by atoms with Crippen molar-refractivity contribution in [3.63, 3.8) is 0 Å². The maximum absolute atomic E-state index is 12.5. The third-order valence-electron chi connectivity index (χ3n) is 1.89. The molecule has 0 aromatic heterocycles. The lowest BCUT2D eigenvalue weighted by Crippen LogP contribution is -2.07. The smallest absolute Gasteiger partial charge is 0.192 e. The largest absolute Gasteiger partial charge is 0.417 e. The predicted molar refractivity (Wildman–Crippen MR) is 57.2 cm³/mol. The summed E-state index contributed by atoms with van der Waals surface area (Å²) in [5.74, 6) is 0.830. The highest BCUT2D eigenvalue weighted by Gasteiger charge is 2.33. The average Bonchev–Trinajstić information content (AvgIpc) is 2.24. The summed E-state index contributed by atoms with van der Waals surface area (Å²) in [6.07, 6.45) is -3.52. The molecular weight excluding hydrogens is 235 g/mol. The Morgan fingerprint density at radius 3 is 2.56 bits per heavy atom. The molecule has 0 radical (unpaired) electrons. The van der Waals surface area contributed by atoms with E-state index in [9.17, 15) is 13.2 Å². The van der Waals surface area contributed by atoms with Gasteiger partial charge in [-0.25, -0.2) is 0 Å². The van der Waals surface area contributed by atoms with Crippen LogP contribution in [0.15, 0.2) is 23.1 Å². The molecule has 1 rings (SSSR count). The van der Waals surface area contributed by atoms with Crippen molar-refractivity contribution in [2.24, 2.45) is 0 Å². The van der Waals surface area contributed by atoms with E-state index >= 15 is 0 Å². The van der Waals surface area contributed by atoms with Gasteiger partial charge in [-0.05, 0) is 30.4 Å². The fourth-order valence-electron chi connectivity index (χ4n) is 1.17. The van der Waals surface area contributed by atoms with Gasteiger partial charge in [0.1, 0.15) is 0 Å². The molecule has 0 amide bonds. The second-order valence-electron chi connectivity index (χ2n) is 3.17. The Balaban J connectivity index is 3.04. The molecule has 0 N–H and O–H groups in total. The quantitative estimate of drug-likeness (QED) is 0.749. The molecule has 0 aliphatic rings. The molecule has 0 heterocycles. The minimum atomic E-state index is -4.46. The molecule has 86 valence electrons. The summed E-state index contributed by atoms with van der Waals surface area (Å²) in [7, 11) is 0. The summed E-state index contributed by atoms with van der Waals surface area (Å²) in [5.41, 5.74) is -1.18. The van der Waals surface area contributed by atoms with Crippen LogP contribution in [0.1, 0.15) is 24.5 Å². The zero-order valence-corrected chi connectivity index (χ0v) is 9.45. The fourth-order valence-corrected chi connectivity index (χ4v) is 1.98. The fraction of sp³-hybridized carbons (Fsp3) is 0.364. The Labute approximate surface area is 96.3 Å². The molecule has 0 unspecified atom stereocenters. The first-order valence-electron chi connectivity index (χ1n) is 4.73. The van der Waals surface area contributed by atoms with Gasteiger partial charge in [0.05, 0.1) is 17.2 Å². The highest BCUT2D eigenvalue weighted by atomic mass is 32.2. The summed E-state index contributed by atoms with van der Waals surface area (Å²) in [6, 6.07) is 5.26. The molecule has 0 fully saturated rings. The van der Waals surface area contributed by atoms with Gasteiger partial charge in [0.2, 0.25) is 0 Å². The van der Waals surface area contributed by atoms with Crippen molar-refractivity contribution >= 4 is 11.8 Å². The molecule has 1 aromatic rings. The molecule has 0 aliphatic heterocycles. The van der Waals surface area contributed by atoms with Gasteiger partial charge in [-0.2, -0.15) is 18.4 Å². The number of nitrogens with zero attached hydrogens (tertiary/aromatic N) is 1. The Kier molecular flexibility index (Phi) is 4.25. The summed E-state index contributed by atoms with van der Waals surface area (Å²) in [5, 5.41) is 8.67. The Morgan fingerprint density at radius 2 is 2.06 bits per heavy atom. The standard InChI is InChI=1S/C11H10F3NS/c1-2-5-16-9-3-4-10(11(12,13)14)8(6-9)7-15/h3-4,6H,2,5H2,1H3. The summed E-state index contributed by atoms with van der Waals surface area (Å²) in [6.45, 7) is 1.99. The van der Waals surface area contributed by atoms with Gasteiger partial charge in [-0.3, -0.25) is 0 Å². The third-order valence-corrected chi connectivity index (χ3v) is 3.09. The number of benzene rings is 1. The molecule has 0 saturated carbocycles. The third kappa shape index (κ3) is 3.17. The van der Waals surface area contributed by atoms with Crippen LogP contribution in [-0.4, -0.2) is 5.75 Å². The van der Waals surface area contributed by atoms with Gasteiger partial charge in [0.15, 0.2) is 0 Å². The molecule has 5 heteroatoms. The van der Waals surface area contributed by atoms with Crippen molar-refractivity contribution in [3.05, 3.63) is 29.3 Å². The zero-order valence-electron chi connectivity index (χ0n) is 8.64. The molecular formula is C11H10F3NS. The molecule has 16 heavy (non-hydrogen) atoms. The van der Waals surface area contributed by atoms with Gasteiger partial charge in [-0.1, -0.05) is 6.92 Å². The minimum absolute atomic E-state index is 0.311. The Morgan fingerprint density at radius 1 is 1.38 bits per heavy atom. The van der Waals surface area contributed by atoms with Crippen LogP contribution in [0.5, 0.6) is 0 Å². The molecule has 1 aromatic carbocycles. The molecule has 0 aliphatic carbocycles. The van der Waals surface area contributed by atoms with Gasteiger partial charge in [-0.15, -0.1) is 11.8 Å². The molecule has 0 spiro atoms. The molecule has 1 nitrogen and oxygen atoms in total. The van der Waals surface area contributed by atoms with Crippen LogP contribution in [0.25, 0.3) is 0 Å². The number of rotatable bonds is 3. The maximum Gasteiger partial charge on any atom is 0.417 e. The molecule has 0 bridgehead atoms. The normalized spacial score (nSPS) is 11.2. The van der Waals surface area contributed by atoms with E-state index in [0.29, 0.717) is 4.90 Å². The van der Waals surface area contributed by atoms with Crippen molar-refractivity contribution in [1.29, 1.82) is 5.26 Å². The van der Waals surface area contributed by atoms with E-state index in [1.807, 2.05) is 6.92 Å². The molecule has 0 saturated heterocycles. The monoisotopic (exact) mass is 245 g/mol. The highest BCUT2D eigenvalue weighted by molar-refractivity contribution is 7.99. The van der Waals surface area contributed by atoms with Crippen molar-refractivity contribution in [3.8, 4) is 6.07 Å². The maximum atomic E-state index is 12.5. The Bertz CT molecular complexity index is 407. The van der Waals surface area contributed by atoms with E-state index in [2.05, 4.69) is 0 Å². The van der Waals surface area contributed by atoms with Gasteiger partial charge >= 0.3 is 6.18 Å². The van der Waals surface area contributed by atoms with Crippen LogP contribution >= 0.6 is 11.8 Å². The topological polar surface area (TPSA) is 23.8 Å². The minimum Gasteiger partial charge on any atom is -0.192 e. The van der Waals surface area contributed by atoms with E-state index < -0.39 is 11.7 Å². The lowest BCUT2D eigenvalue weighted by molar-refractivity contribution is -0.137. The van der Waals surface area contributed by atoms with E-state index in [-0.39, 0.29) is 5.56 Å². The number of nitriles is 1. The van der Waals surface area contributed by atoms with Crippen LogP contribution in [0, 0.1) is 11.3 Å². The first-order valence-corrected chi connectivity index (χ1v) is 5.71. The zero-order chi connectivity index (χ0) is 12.2. The number of halogens is 3. The first-order chi connectivity index (χ1) is 7.49. The number of thioether (sulfide) groups is 1. The van der Waals surface area contributed by atoms with Gasteiger partial charge < -0.3 is 0 Å². The number of hydrogen-bond donors (Lipinski definition) is 0. The van der Waals surface area contributed by atoms with Gasteiger partial charge in [0, 0.05) is 4.90 Å². The highest BCUT2D eigenvalue weighted by Crippen LogP contribution is 2.33. The molecule has 0 atom stereocenters. The van der Waals surface area contributed by atoms with Crippen LogP contribution < -0.4 is 0 Å². The van der Waals surface area contributed by atoms with E-state index in [1.165, 1.54) is 23.9 Å². The van der Waals surface area contributed by atoms with E-state index in [0.717, 1.165) is 18.2 Å². The van der Waals surface area contributed by atoms with Crippen molar-refractivity contribution < 1.29 is 13.2 Å². The summed E-state index contributed by atoms with van der Waals surface area (Å²) >= 11 is 1.45. The predicted octanol–water partition coefficient (Wildman–Crippen LogP) is 4.08. The lowest BCUT2D eigenvalue weighted by atomic mass is 10.1. The number of hydrogen-bond acceptors (Lipinski definition) is 2. The average molecular weight is 245 g/mol. The van der Waals surface area contributed by atoms with Crippen molar-refractivity contribution in [2.75, 3.05) is 5.75 Å².